The van der Waals surface area contributed by atoms with Gasteiger partial charge in [0.05, 0.1) is 4.90 Å². The lowest BCUT2D eigenvalue weighted by Crippen LogP contribution is -2.21. The number of hydrogen-bond acceptors (Lipinski definition) is 3. The molecule has 0 aromatic heterocycles. The average Bonchev–Trinajstić information content (AvgIpc) is 2.45. The van der Waals surface area contributed by atoms with Crippen molar-refractivity contribution in [2.45, 2.75) is 76.0 Å². The molecule has 0 amide bonds. The molecule has 1 fully saturated rings. The molecular formula is C18H28N2O2S. The van der Waals surface area contributed by atoms with Crippen LogP contribution in [0.15, 0.2) is 34.3 Å². The molecule has 1 aliphatic carbocycles. The van der Waals surface area contributed by atoms with Crippen LogP contribution >= 0.6 is 0 Å². The third kappa shape index (κ3) is 5.34. The first kappa shape index (κ1) is 18.0. The quantitative estimate of drug-likeness (QED) is 0.834. The molecule has 1 N–H and O–H groups in total. The molecule has 0 heterocycles. The van der Waals surface area contributed by atoms with E-state index in [1.807, 2.05) is 12.1 Å². The van der Waals surface area contributed by atoms with E-state index in [9.17, 15) is 8.42 Å². The van der Waals surface area contributed by atoms with Crippen LogP contribution in [-0.4, -0.2) is 14.1 Å². The van der Waals surface area contributed by atoms with Gasteiger partial charge in [0, 0.05) is 5.71 Å². The van der Waals surface area contributed by atoms with E-state index in [0.29, 0.717) is 0 Å². The van der Waals surface area contributed by atoms with Crippen molar-refractivity contribution in [1.29, 1.82) is 0 Å². The molecule has 23 heavy (non-hydrogen) atoms. The lowest BCUT2D eigenvalue weighted by Gasteiger charge is -2.19. The first-order valence-electron chi connectivity index (χ1n) is 8.47. The van der Waals surface area contributed by atoms with Crippen LogP contribution in [-0.2, 0) is 15.4 Å². The predicted molar refractivity (Wildman–Crippen MR) is 95.2 cm³/mol. The number of nitrogens with one attached hydrogen (secondary N) is 1. The van der Waals surface area contributed by atoms with Crippen LogP contribution in [0, 0.1) is 0 Å². The summed E-state index contributed by atoms with van der Waals surface area (Å²) < 4.78 is 24.7. The summed E-state index contributed by atoms with van der Waals surface area (Å²) in [5.74, 6) is 0. The number of hydrogen-bond donors (Lipinski definition) is 1. The molecule has 0 aliphatic heterocycles. The normalized spacial score (nSPS) is 17.3. The van der Waals surface area contributed by atoms with E-state index >= 15 is 0 Å². The molecule has 0 bridgehead atoms. The Morgan fingerprint density at radius 1 is 0.913 bits per heavy atom. The van der Waals surface area contributed by atoms with Gasteiger partial charge in [0.25, 0.3) is 10.0 Å². The van der Waals surface area contributed by atoms with Crippen LogP contribution in [0.3, 0.4) is 0 Å². The maximum absolute atomic E-state index is 12.4. The predicted octanol–water partition coefficient (Wildman–Crippen LogP) is 4.36. The van der Waals surface area contributed by atoms with Crippen LogP contribution in [0.5, 0.6) is 0 Å². The van der Waals surface area contributed by atoms with Crippen molar-refractivity contribution in [2.24, 2.45) is 5.10 Å². The first-order valence-corrected chi connectivity index (χ1v) is 9.95. The van der Waals surface area contributed by atoms with Crippen molar-refractivity contribution in [3.63, 3.8) is 0 Å². The lowest BCUT2D eigenvalue weighted by molar-refractivity contribution is 0.578. The third-order valence-electron chi connectivity index (χ3n) is 4.29. The van der Waals surface area contributed by atoms with Gasteiger partial charge in [-0.25, -0.2) is 4.83 Å². The Labute approximate surface area is 140 Å². The second-order valence-corrected chi connectivity index (χ2v) is 8.98. The van der Waals surface area contributed by atoms with Crippen molar-refractivity contribution in [2.75, 3.05) is 0 Å². The fourth-order valence-corrected chi connectivity index (χ4v) is 3.59. The number of nitrogens with zero attached hydrogens (tertiary/aromatic N) is 1. The van der Waals surface area contributed by atoms with Crippen molar-refractivity contribution >= 4 is 15.7 Å². The molecule has 0 spiro atoms. The Balaban J connectivity index is 2.08. The van der Waals surface area contributed by atoms with Crippen molar-refractivity contribution < 1.29 is 8.42 Å². The van der Waals surface area contributed by atoms with E-state index in [4.69, 9.17) is 0 Å². The maximum atomic E-state index is 12.4. The summed E-state index contributed by atoms with van der Waals surface area (Å²) in [6, 6.07) is 7.05. The molecule has 1 aromatic carbocycles. The summed E-state index contributed by atoms with van der Waals surface area (Å²) in [5.41, 5.74) is 2.09. The SMILES string of the molecule is CC(C)(C)c1ccc(S(=O)(=O)NN=C2CCCCCCC2)cc1. The summed E-state index contributed by atoms with van der Waals surface area (Å²) in [4.78, 5) is 2.68. The van der Waals surface area contributed by atoms with Crippen LogP contribution in [0.2, 0.25) is 0 Å². The summed E-state index contributed by atoms with van der Waals surface area (Å²) in [7, 11) is -3.58. The van der Waals surface area contributed by atoms with Gasteiger partial charge in [-0.05, 0) is 48.8 Å². The van der Waals surface area contributed by atoms with Crippen molar-refractivity contribution in [1.82, 2.24) is 4.83 Å². The van der Waals surface area contributed by atoms with E-state index in [2.05, 4.69) is 30.7 Å². The topological polar surface area (TPSA) is 58.5 Å². The van der Waals surface area contributed by atoms with Gasteiger partial charge < -0.3 is 0 Å². The number of hydrazone groups is 1. The smallest absolute Gasteiger partial charge is 0.200 e. The molecule has 0 unspecified atom stereocenters. The Morgan fingerprint density at radius 3 is 1.96 bits per heavy atom. The van der Waals surface area contributed by atoms with Crippen molar-refractivity contribution in [3.8, 4) is 0 Å². The zero-order valence-electron chi connectivity index (χ0n) is 14.4. The van der Waals surface area contributed by atoms with Gasteiger partial charge >= 0.3 is 0 Å². The summed E-state index contributed by atoms with van der Waals surface area (Å²) in [6.07, 6.45) is 7.68. The maximum Gasteiger partial charge on any atom is 0.276 e. The van der Waals surface area contributed by atoms with E-state index < -0.39 is 10.0 Å². The van der Waals surface area contributed by atoms with Crippen LogP contribution < -0.4 is 4.83 Å². The van der Waals surface area contributed by atoms with E-state index in [-0.39, 0.29) is 10.3 Å². The fourth-order valence-electron chi connectivity index (χ4n) is 2.74. The molecule has 0 saturated heterocycles. The zero-order chi connectivity index (χ0) is 16.9. The molecule has 4 nitrogen and oxygen atoms in total. The number of sulfonamides is 1. The summed E-state index contributed by atoms with van der Waals surface area (Å²) in [5, 5.41) is 4.18. The summed E-state index contributed by atoms with van der Waals surface area (Å²) in [6.45, 7) is 6.32. The zero-order valence-corrected chi connectivity index (χ0v) is 15.2. The molecule has 0 atom stereocenters. The van der Waals surface area contributed by atoms with Crippen LogP contribution in [0.25, 0.3) is 0 Å². The van der Waals surface area contributed by atoms with Gasteiger partial charge in [-0.15, -0.1) is 0 Å². The van der Waals surface area contributed by atoms with Gasteiger partial charge in [-0.3, -0.25) is 0 Å². The van der Waals surface area contributed by atoms with Gasteiger partial charge in [-0.2, -0.15) is 13.5 Å². The molecular weight excluding hydrogens is 308 g/mol. The van der Waals surface area contributed by atoms with Crippen LogP contribution in [0.1, 0.15) is 71.3 Å². The van der Waals surface area contributed by atoms with Crippen LogP contribution in [0.4, 0.5) is 0 Å². The second-order valence-electron chi connectivity index (χ2n) is 7.31. The van der Waals surface area contributed by atoms with Gasteiger partial charge in [0.1, 0.15) is 0 Å². The molecule has 1 aliphatic rings. The van der Waals surface area contributed by atoms with Gasteiger partial charge in [0.2, 0.25) is 0 Å². The Kier molecular flexibility index (Phi) is 5.84. The molecule has 0 radical (unpaired) electrons. The largest absolute Gasteiger partial charge is 0.276 e. The molecule has 1 saturated carbocycles. The minimum absolute atomic E-state index is 0.00873. The monoisotopic (exact) mass is 336 g/mol. The Hall–Kier alpha value is -1.36. The number of benzene rings is 1. The summed E-state index contributed by atoms with van der Waals surface area (Å²) >= 11 is 0. The van der Waals surface area contributed by atoms with Gasteiger partial charge in [0.15, 0.2) is 0 Å². The standard InChI is InChI=1S/C18H28N2O2S/c1-18(2,3)15-11-13-17(14-12-15)23(21,22)20-19-16-9-7-5-4-6-8-10-16/h11-14,20H,4-10H2,1-3H3. The van der Waals surface area contributed by atoms with E-state index in [1.54, 1.807) is 12.1 Å². The highest BCUT2D eigenvalue weighted by molar-refractivity contribution is 7.89. The lowest BCUT2D eigenvalue weighted by atomic mass is 9.87. The molecule has 2 rings (SSSR count). The first-order chi connectivity index (χ1) is 10.8. The van der Waals surface area contributed by atoms with E-state index in [0.717, 1.165) is 37.0 Å². The number of rotatable bonds is 3. The highest BCUT2D eigenvalue weighted by Gasteiger charge is 2.17. The average molecular weight is 337 g/mol. The minimum atomic E-state index is -3.58. The molecule has 128 valence electrons. The van der Waals surface area contributed by atoms with Crippen molar-refractivity contribution in [3.05, 3.63) is 29.8 Å². The highest BCUT2D eigenvalue weighted by Crippen LogP contribution is 2.23. The van der Waals surface area contributed by atoms with E-state index in [1.165, 1.54) is 19.3 Å². The Morgan fingerprint density at radius 2 is 1.43 bits per heavy atom. The molecule has 5 heteroatoms. The third-order valence-corrected chi connectivity index (χ3v) is 5.51. The minimum Gasteiger partial charge on any atom is -0.200 e. The fraction of sp³-hybridized carbons (Fsp3) is 0.611. The van der Waals surface area contributed by atoms with Gasteiger partial charge in [-0.1, -0.05) is 52.2 Å². The Bertz CT molecular complexity index is 631. The second kappa shape index (κ2) is 7.47. The highest BCUT2D eigenvalue weighted by atomic mass is 32.2. The molecule has 1 aromatic rings.